The van der Waals surface area contributed by atoms with Crippen molar-refractivity contribution in [3.63, 3.8) is 0 Å². The van der Waals surface area contributed by atoms with Gasteiger partial charge in [0, 0.05) is 11.4 Å². The highest BCUT2D eigenvalue weighted by atomic mass is 32.2. The van der Waals surface area contributed by atoms with E-state index in [9.17, 15) is 21.6 Å². The van der Waals surface area contributed by atoms with Gasteiger partial charge in [-0.15, -0.1) is 0 Å². The number of amides is 2. The third kappa shape index (κ3) is 6.74. The Balaban J connectivity index is 2.06. The molecule has 2 rings (SSSR count). The zero-order valence-corrected chi connectivity index (χ0v) is 17.3. The summed E-state index contributed by atoms with van der Waals surface area (Å²) < 4.78 is 54.5. The van der Waals surface area contributed by atoms with E-state index in [1.165, 1.54) is 24.3 Å². The minimum absolute atomic E-state index is 0.172. The lowest BCUT2D eigenvalue weighted by molar-refractivity contribution is 0.262. The van der Waals surface area contributed by atoms with E-state index in [0.29, 0.717) is 22.5 Å². The number of nitrogens with one attached hydrogen (secondary N) is 2. The van der Waals surface area contributed by atoms with Gasteiger partial charge < -0.3 is 19.0 Å². The van der Waals surface area contributed by atoms with Crippen LogP contribution in [0.25, 0.3) is 0 Å². The van der Waals surface area contributed by atoms with Gasteiger partial charge in [-0.25, -0.2) is 4.79 Å². The maximum absolute atomic E-state index is 12.2. The Morgan fingerprint density at radius 3 is 1.39 bits per heavy atom. The van der Waals surface area contributed by atoms with E-state index in [4.69, 9.17) is 8.37 Å². The first-order valence-electron chi connectivity index (χ1n) is 7.90. The van der Waals surface area contributed by atoms with Crippen LogP contribution in [0.1, 0.15) is 11.1 Å². The Kier molecular flexibility index (Phi) is 6.20. The van der Waals surface area contributed by atoms with Crippen LogP contribution in [0, 0.1) is 13.8 Å². The lowest BCUT2D eigenvalue weighted by Gasteiger charge is -2.12. The molecule has 2 aromatic carbocycles. The number of anilines is 2. The minimum atomic E-state index is -3.64. The molecule has 0 saturated carbocycles. The highest BCUT2D eigenvalue weighted by Gasteiger charge is 2.11. The van der Waals surface area contributed by atoms with E-state index in [-0.39, 0.29) is 11.5 Å². The van der Waals surface area contributed by atoms with Gasteiger partial charge in [-0.05, 0) is 61.4 Å². The van der Waals surface area contributed by atoms with Crippen LogP contribution in [0.2, 0.25) is 0 Å². The van der Waals surface area contributed by atoms with Crippen LogP contribution in [0.15, 0.2) is 36.4 Å². The van der Waals surface area contributed by atoms with Gasteiger partial charge in [0.1, 0.15) is 11.5 Å². The van der Waals surface area contributed by atoms with E-state index in [2.05, 4.69) is 10.6 Å². The van der Waals surface area contributed by atoms with Crippen molar-refractivity contribution < 1.29 is 30.0 Å². The first-order valence-corrected chi connectivity index (χ1v) is 11.5. The molecule has 0 radical (unpaired) electrons. The van der Waals surface area contributed by atoms with Crippen molar-refractivity contribution in [3.05, 3.63) is 47.5 Å². The van der Waals surface area contributed by atoms with E-state index >= 15 is 0 Å². The van der Waals surface area contributed by atoms with Gasteiger partial charge >= 0.3 is 26.3 Å². The second kappa shape index (κ2) is 8.07. The SMILES string of the molecule is Cc1cc(NC(=O)Nc2ccc(OS(C)(=O)=O)c(C)c2)ccc1OS(C)(=O)=O. The summed E-state index contributed by atoms with van der Waals surface area (Å²) in [6, 6.07) is 8.47. The molecule has 0 saturated heterocycles. The highest BCUT2D eigenvalue weighted by Crippen LogP contribution is 2.25. The molecule has 0 aliphatic rings. The number of rotatable bonds is 6. The molecule has 11 heteroatoms. The monoisotopic (exact) mass is 428 g/mol. The summed E-state index contributed by atoms with van der Waals surface area (Å²) >= 11 is 0. The standard InChI is InChI=1S/C17H20N2O7S2/c1-11-9-13(5-7-15(11)25-27(3,21)22)18-17(20)19-14-6-8-16(12(2)10-14)26-28(4,23)24/h5-10H,1-4H3,(H2,18,19,20). The third-order valence-electron chi connectivity index (χ3n) is 3.35. The maximum atomic E-state index is 12.2. The van der Waals surface area contributed by atoms with Crippen molar-refractivity contribution >= 4 is 37.6 Å². The van der Waals surface area contributed by atoms with Crippen LogP contribution in [0.3, 0.4) is 0 Å². The van der Waals surface area contributed by atoms with Crippen LogP contribution in [-0.2, 0) is 20.2 Å². The molecule has 0 bridgehead atoms. The number of benzene rings is 2. The molecule has 0 spiro atoms. The average molecular weight is 428 g/mol. The molecule has 2 aromatic rings. The van der Waals surface area contributed by atoms with Gasteiger partial charge in [0.25, 0.3) is 0 Å². The van der Waals surface area contributed by atoms with Crippen molar-refractivity contribution in [1.29, 1.82) is 0 Å². The number of carbonyl (C=O) groups excluding carboxylic acids is 1. The first-order chi connectivity index (χ1) is 12.8. The average Bonchev–Trinajstić information content (AvgIpc) is 2.50. The predicted molar refractivity (Wildman–Crippen MR) is 106 cm³/mol. The fourth-order valence-corrected chi connectivity index (χ4v) is 3.29. The van der Waals surface area contributed by atoms with Crippen LogP contribution in [0.5, 0.6) is 11.5 Å². The van der Waals surface area contributed by atoms with Crippen molar-refractivity contribution in [2.45, 2.75) is 13.8 Å². The highest BCUT2D eigenvalue weighted by molar-refractivity contribution is 7.86. The van der Waals surface area contributed by atoms with E-state index in [1.54, 1.807) is 26.0 Å². The smallest absolute Gasteiger partial charge is 0.323 e. The number of aryl methyl sites for hydroxylation is 2. The Bertz CT molecular complexity index is 1020. The molecule has 152 valence electrons. The molecule has 9 nitrogen and oxygen atoms in total. The molecule has 2 N–H and O–H groups in total. The zero-order valence-electron chi connectivity index (χ0n) is 15.6. The van der Waals surface area contributed by atoms with Crippen molar-refractivity contribution in [2.24, 2.45) is 0 Å². The van der Waals surface area contributed by atoms with E-state index < -0.39 is 26.3 Å². The van der Waals surface area contributed by atoms with Gasteiger partial charge in [0.15, 0.2) is 0 Å². The Hall–Kier alpha value is -2.79. The van der Waals surface area contributed by atoms with Gasteiger partial charge in [-0.1, -0.05) is 0 Å². The summed E-state index contributed by atoms with van der Waals surface area (Å²) in [5.74, 6) is 0.344. The Labute approximate surface area is 163 Å². The van der Waals surface area contributed by atoms with Gasteiger partial charge in [0.2, 0.25) is 0 Å². The summed E-state index contributed by atoms with van der Waals surface area (Å²) in [7, 11) is -7.29. The van der Waals surface area contributed by atoms with E-state index in [0.717, 1.165) is 12.5 Å². The Morgan fingerprint density at radius 1 is 0.750 bits per heavy atom. The molecule has 0 aliphatic carbocycles. The quantitative estimate of drug-likeness (QED) is 0.677. The van der Waals surface area contributed by atoms with Crippen molar-refractivity contribution in [1.82, 2.24) is 0 Å². The number of hydrogen-bond acceptors (Lipinski definition) is 7. The molecule has 28 heavy (non-hydrogen) atoms. The summed E-state index contributed by atoms with van der Waals surface area (Å²) in [5, 5.41) is 5.22. The largest absolute Gasteiger partial charge is 0.382 e. The second-order valence-corrected chi connectivity index (χ2v) is 9.26. The van der Waals surface area contributed by atoms with Crippen molar-refractivity contribution in [3.8, 4) is 11.5 Å². The maximum Gasteiger partial charge on any atom is 0.323 e. The van der Waals surface area contributed by atoms with Crippen molar-refractivity contribution in [2.75, 3.05) is 23.1 Å². The van der Waals surface area contributed by atoms with Crippen LogP contribution < -0.4 is 19.0 Å². The lowest BCUT2D eigenvalue weighted by atomic mass is 10.2. The van der Waals surface area contributed by atoms with Gasteiger partial charge in [-0.2, -0.15) is 16.8 Å². The molecular formula is C17H20N2O7S2. The summed E-state index contributed by atoms with van der Waals surface area (Å²) in [6.45, 7) is 3.29. The van der Waals surface area contributed by atoms with Crippen LogP contribution in [0.4, 0.5) is 16.2 Å². The summed E-state index contributed by atoms with van der Waals surface area (Å²) in [6.07, 6.45) is 1.89. The molecule has 0 heterocycles. The third-order valence-corrected chi connectivity index (χ3v) is 4.31. The Morgan fingerprint density at radius 2 is 1.11 bits per heavy atom. The van der Waals surface area contributed by atoms with Gasteiger partial charge in [0.05, 0.1) is 12.5 Å². The van der Waals surface area contributed by atoms with Gasteiger partial charge in [-0.3, -0.25) is 0 Å². The number of urea groups is 1. The topological polar surface area (TPSA) is 128 Å². The molecule has 0 atom stereocenters. The molecule has 0 aromatic heterocycles. The van der Waals surface area contributed by atoms with Crippen LogP contribution in [-0.4, -0.2) is 35.4 Å². The molecular weight excluding hydrogens is 408 g/mol. The predicted octanol–water partition coefficient (Wildman–Crippen LogP) is 2.62. The first kappa shape index (κ1) is 21.5. The molecule has 2 amide bonds. The lowest BCUT2D eigenvalue weighted by Crippen LogP contribution is -2.19. The van der Waals surface area contributed by atoms with Crippen LogP contribution >= 0.6 is 0 Å². The second-order valence-electron chi connectivity index (χ2n) is 6.11. The zero-order chi connectivity index (χ0) is 21.1. The normalized spacial score (nSPS) is 11.6. The fraction of sp³-hybridized carbons (Fsp3) is 0.235. The summed E-state index contributed by atoms with van der Waals surface area (Å²) in [4.78, 5) is 12.2. The fourth-order valence-electron chi connectivity index (χ4n) is 2.26. The molecule has 0 unspecified atom stereocenters. The molecule has 0 aliphatic heterocycles. The number of hydrogen-bond donors (Lipinski definition) is 2. The molecule has 0 fully saturated rings. The summed E-state index contributed by atoms with van der Waals surface area (Å²) in [5.41, 5.74) is 1.93. The minimum Gasteiger partial charge on any atom is -0.382 e. The van der Waals surface area contributed by atoms with E-state index in [1.807, 2.05) is 0 Å². The number of carbonyl (C=O) groups is 1.